The zero-order chi connectivity index (χ0) is 28.7. The second-order valence-electron chi connectivity index (χ2n) is 10.4. The van der Waals surface area contributed by atoms with Gasteiger partial charge in [-0.25, -0.2) is 4.79 Å². The average molecular weight is 554 g/mol. The average Bonchev–Trinajstić information content (AvgIpc) is 3.18. The number of benzene rings is 4. The van der Waals surface area contributed by atoms with Crippen molar-refractivity contribution >= 4 is 17.3 Å². The fourth-order valence-electron chi connectivity index (χ4n) is 5.27. The first kappa shape index (κ1) is 27.0. The van der Waals surface area contributed by atoms with Gasteiger partial charge < -0.3 is 14.6 Å². The highest BCUT2D eigenvalue weighted by atomic mass is 16.5. The zero-order valence-corrected chi connectivity index (χ0v) is 23.1. The van der Waals surface area contributed by atoms with Gasteiger partial charge in [0, 0.05) is 17.2 Å². The van der Waals surface area contributed by atoms with E-state index < -0.39 is 5.97 Å². The fourth-order valence-corrected chi connectivity index (χ4v) is 5.27. The van der Waals surface area contributed by atoms with E-state index in [1.807, 2.05) is 97.1 Å². The number of hydrogen-bond acceptors (Lipinski definition) is 4. The largest absolute Gasteiger partial charge is 0.478 e. The molecule has 0 spiro atoms. The molecule has 0 amide bonds. The lowest BCUT2D eigenvalue weighted by atomic mass is 9.86. The molecule has 4 aromatic carbocycles. The van der Waals surface area contributed by atoms with E-state index >= 15 is 0 Å². The zero-order valence-electron chi connectivity index (χ0n) is 23.1. The Kier molecular flexibility index (Phi) is 8.09. The Bertz CT molecular complexity index is 1670. The van der Waals surface area contributed by atoms with Gasteiger partial charge in [-0.2, -0.15) is 0 Å². The van der Waals surface area contributed by atoms with Crippen LogP contribution in [0.25, 0.3) is 5.57 Å². The van der Waals surface area contributed by atoms with Crippen LogP contribution < -0.4 is 9.47 Å². The van der Waals surface area contributed by atoms with Crippen LogP contribution in [0.15, 0.2) is 144 Å². The Morgan fingerprint density at radius 1 is 0.690 bits per heavy atom. The molecule has 1 unspecified atom stereocenters. The summed E-state index contributed by atoms with van der Waals surface area (Å²) in [6, 6.07) is 35.4. The maximum absolute atomic E-state index is 12.0. The standard InChI is InChI=1S/C37H31NO4/c39-37(40)29-10-8-7-9-28-23-30(26-15-19-33(20-16-26)41-31-11-3-1-4-12-31)25-35(38-36(28)24-29)27-17-21-34(22-18-27)42-32-13-5-2-6-14-32/h1-6,10-22,24-25,28H,7-9,23H2,(H,39,40)/b29-10+,36-24+. The van der Waals surface area contributed by atoms with Crippen molar-refractivity contribution in [3.63, 3.8) is 0 Å². The molecule has 2 aliphatic rings. The number of hydrogen-bond donors (Lipinski definition) is 1. The molecule has 0 saturated heterocycles. The lowest BCUT2D eigenvalue weighted by Crippen LogP contribution is -2.09. The van der Waals surface area contributed by atoms with Crippen molar-refractivity contribution < 1.29 is 19.4 Å². The van der Waals surface area contributed by atoms with Gasteiger partial charge in [0.2, 0.25) is 0 Å². The van der Waals surface area contributed by atoms with Crippen LogP contribution in [0.4, 0.5) is 0 Å². The molecule has 0 radical (unpaired) electrons. The van der Waals surface area contributed by atoms with Crippen LogP contribution in [0, 0.1) is 5.92 Å². The number of aliphatic carboxylic acids is 1. The quantitative estimate of drug-likeness (QED) is 0.248. The van der Waals surface area contributed by atoms with E-state index in [-0.39, 0.29) is 5.92 Å². The van der Waals surface area contributed by atoms with Crippen molar-refractivity contribution in [2.45, 2.75) is 25.7 Å². The van der Waals surface area contributed by atoms with Crippen molar-refractivity contribution in [3.05, 3.63) is 150 Å². The van der Waals surface area contributed by atoms with Crippen molar-refractivity contribution in [1.82, 2.24) is 0 Å². The molecular formula is C37H31NO4. The summed E-state index contributed by atoms with van der Waals surface area (Å²) < 4.78 is 12.0. The van der Waals surface area contributed by atoms with Crippen LogP contribution in [0.1, 0.15) is 36.8 Å². The van der Waals surface area contributed by atoms with E-state index in [0.717, 1.165) is 76.8 Å². The number of carboxylic acid groups (broad SMARTS) is 1. The fraction of sp³-hybridized carbons (Fsp3) is 0.135. The number of nitrogens with zero attached hydrogens (tertiary/aromatic N) is 1. The minimum Gasteiger partial charge on any atom is -0.478 e. The highest BCUT2D eigenvalue weighted by Gasteiger charge is 2.24. The Morgan fingerprint density at radius 2 is 1.24 bits per heavy atom. The van der Waals surface area contributed by atoms with E-state index in [4.69, 9.17) is 14.5 Å². The number of allylic oxidation sites excluding steroid dienone is 4. The third-order valence-electron chi connectivity index (χ3n) is 7.45. The van der Waals surface area contributed by atoms with Crippen LogP contribution in [-0.2, 0) is 4.79 Å². The predicted molar refractivity (Wildman–Crippen MR) is 166 cm³/mol. The molecule has 1 N–H and O–H groups in total. The van der Waals surface area contributed by atoms with E-state index in [2.05, 4.69) is 18.2 Å². The van der Waals surface area contributed by atoms with Gasteiger partial charge in [0.05, 0.1) is 11.3 Å². The summed E-state index contributed by atoms with van der Waals surface area (Å²) in [4.78, 5) is 17.1. The number of para-hydroxylation sites is 2. The minimum atomic E-state index is -0.922. The SMILES string of the molecule is O=C(O)C1=C/CCCC2CC(c3ccc(Oc4ccccc4)cc3)=CC(c3ccc(Oc4ccccc4)cc3)=N\C2=C\1. The van der Waals surface area contributed by atoms with Crippen LogP contribution in [-0.4, -0.2) is 16.8 Å². The monoisotopic (exact) mass is 553 g/mol. The van der Waals surface area contributed by atoms with E-state index in [0.29, 0.717) is 5.57 Å². The van der Waals surface area contributed by atoms with Gasteiger partial charge in [-0.3, -0.25) is 4.99 Å². The Balaban J connectivity index is 1.34. The maximum Gasteiger partial charge on any atom is 0.335 e. The Morgan fingerprint density at radius 3 is 1.81 bits per heavy atom. The molecule has 1 aliphatic heterocycles. The van der Waals surface area contributed by atoms with Crippen molar-refractivity contribution in [3.8, 4) is 23.0 Å². The van der Waals surface area contributed by atoms with Gasteiger partial charge >= 0.3 is 5.97 Å². The number of fused-ring (bicyclic) bond motifs is 1. The summed E-state index contributed by atoms with van der Waals surface area (Å²) in [5, 5.41) is 9.81. The minimum absolute atomic E-state index is 0.109. The molecule has 5 nitrogen and oxygen atoms in total. The third-order valence-corrected chi connectivity index (χ3v) is 7.45. The van der Waals surface area contributed by atoms with E-state index in [9.17, 15) is 9.90 Å². The van der Waals surface area contributed by atoms with Crippen LogP contribution in [0.2, 0.25) is 0 Å². The van der Waals surface area contributed by atoms with Crippen molar-refractivity contribution in [2.24, 2.45) is 10.9 Å². The number of carboxylic acids is 1. The second-order valence-corrected chi connectivity index (χ2v) is 10.4. The summed E-state index contributed by atoms with van der Waals surface area (Å²) in [6.45, 7) is 0. The highest BCUT2D eigenvalue weighted by Crippen LogP contribution is 2.37. The topological polar surface area (TPSA) is 68.1 Å². The van der Waals surface area contributed by atoms with Gasteiger partial charge in [0.25, 0.3) is 0 Å². The summed E-state index contributed by atoms with van der Waals surface area (Å²) in [5.41, 5.74) is 5.07. The first-order valence-corrected chi connectivity index (χ1v) is 14.2. The van der Waals surface area contributed by atoms with Crippen molar-refractivity contribution in [2.75, 3.05) is 0 Å². The van der Waals surface area contributed by atoms with Gasteiger partial charge in [-0.1, -0.05) is 54.6 Å². The van der Waals surface area contributed by atoms with Gasteiger partial charge in [0.1, 0.15) is 23.0 Å². The van der Waals surface area contributed by atoms with Crippen LogP contribution in [0.3, 0.4) is 0 Å². The molecule has 1 heterocycles. The molecular weight excluding hydrogens is 522 g/mol. The summed E-state index contributed by atoms with van der Waals surface area (Å²) in [7, 11) is 0. The number of carbonyl (C=O) groups is 1. The normalized spacial score (nSPS) is 19.2. The van der Waals surface area contributed by atoms with Gasteiger partial charge in [-0.05, 0) is 110 Å². The smallest absolute Gasteiger partial charge is 0.335 e. The van der Waals surface area contributed by atoms with Crippen LogP contribution >= 0.6 is 0 Å². The molecule has 208 valence electrons. The number of aliphatic imine (C=N–C) groups is 1. The van der Waals surface area contributed by atoms with E-state index in [1.54, 1.807) is 12.2 Å². The summed E-state index contributed by atoms with van der Waals surface area (Å²) in [6.07, 6.45) is 9.05. The third kappa shape index (κ3) is 6.58. The molecule has 0 aromatic heterocycles. The molecule has 0 bridgehead atoms. The highest BCUT2D eigenvalue weighted by molar-refractivity contribution is 6.13. The molecule has 5 heteroatoms. The van der Waals surface area contributed by atoms with Crippen molar-refractivity contribution in [1.29, 1.82) is 0 Å². The first-order valence-electron chi connectivity index (χ1n) is 14.2. The molecule has 1 atom stereocenters. The van der Waals surface area contributed by atoms with Gasteiger partial charge in [0.15, 0.2) is 0 Å². The Hall–Kier alpha value is -5.16. The molecule has 0 fully saturated rings. The number of rotatable bonds is 7. The molecule has 6 rings (SSSR count). The predicted octanol–water partition coefficient (Wildman–Crippen LogP) is 9.24. The summed E-state index contributed by atoms with van der Waals surface area (Å²) >= 11 is 0. The first-order chi connectivity index (χ1) is 20.6. The lowest BCUT2D eigenvalue weighted by Gasteiger charge is -2.20. The van der Waals surface area contributed by atoms with E-state index in [1.165, 1.54) is 0 Å². The summed E-state index contributed by atoms with van der Waals surface area (Å²) in [5.74, 6) is 2.25. The molecule has 0 saturated carbocycles. The maximum atomic E-state index is 12.0. The lowest BCUT2D eigenvalue weighted by molar-refractivity contribution is -0.132. The molecule has 1 aliphatic carbocycles. The molecule has 4 aromatic rings. The number of ether oxygens (including phenoxy) is 2. The molecule has 42 heavy (non-hydrogen) atoms. The Labute approximate surface area is 245 Å². The van der Waals surface area contributed by atoms with Gasteiger partial charge in [-0.15, -0.1) is 0 Å². The van der Waals surface area contributed by atoms with Crippen LogP contribution in [0.5, 0.6) is 23.0 Å². The second kappa shape index (κ2) is 12.6.